The summed E-state index contributed by atoms with van der Waals surface area (Å²) < 4.78 is 95.2. The number of carbonyl (C=O) groups excluding carboxylic acids is 2. The smallest absolute Gasteiger partial charge is 0.416 e. The molecule has 0 spiro atoms. The van der Waals surface area contributed by atoms with Crippen LogP contribution in [0.2, 0.25) is 0 Å². The van der Waals surface area contributed by atoms with Crippen molar-refractivity contribution in [3.8, 4) is 0 Å². The van der Waals surface area contributed by atoms with Crippen LogP contribution < -0.4 is 0 Å². The van der Waals surface area contributed by atoms with Gasteiger partial charge in [-0.3, -0.25) is 9.69 Å². The number of piperidine rings is 1. The molecule has 284 valence electrons. The minimum Gasteiger partial charge on any atom is -0.478 e. The average molecular weight is 745 g/mol. The summed E-state index contributed by atoms with van der Waals surface area (Å²) in [6, 6.07) is 3.68. The zero-order valence-corrected chi connectivity index (χ0v) is 28.5. The van der Waals surface area contributed by atoms with Crippen LogP contribution in [0.1, 0.15) is 72.5 Å². The molecule has 3 heterocycles. The van der Waals surface area contributed by atoms with Gasteiger partial charge in [0.05, 0.1) is 23.2 Å². The number of alkyl halides is 6. The highest BCUT2D eigenvalue weighted by Crippen LogP contribution is 2.40. The Morgan fingerprint density at radius 1 is 0.885 bits per heavy atom. The lowest BCUT2D eigenvalue weighted by atomic mass is 9.88. The molecule has 3 aliphatic heterocycles. The summed E-state index contributed by atoms with van der Waals surface area (Å²) in [5, 5.41) is 15.6. The van der Waals surface area contributed by atoms with E-state index in [-0.39, 0.29) is 36.2 Å². The van der Waals surface area contributed by atoms with Crippen LogP contribution in [0.25, 0.3) is 0 Å². The molecule has 0 unspecified atom stereocenters. The van der Waals surface area contributed by atoms with Crippen molar-refractivity contribution in [1.82, 2.24) is 19.6 Å². The van der Waals surface area contributed by atoms with Crippen molar-refractivity contribution in [3.63, 3.8) is 0 Å². The molecule has 2 N–H and O–H groups in total. The lowest BCUT2D eigenvalue weighted by Crippen LogP contribution is -2.57. The molecule has 0 aliphatic carbocycles. The summed E-state index contributed by atoms with van der Waals surface area (Å²) in [5.74, 6) is -2.79. The summed E-state index contributed by atoms with van der Waals surface area (Å²) in [6.07, 6.45) is -6.49. The SMILES string of the molecule is Cc1cc(F)ccc1[C@H]1C[C@H](N2CCN3C(=O)CC[C@H]3C2)CCN1C(=O)N(C)[C@H](C)c1cc(C(F)(F)F)cc(C(F)(F)F)c1.O=C(O)C=CC(=O)O. The third-order valence-electron chi connectivity index (χ3n) is 9.80. The summed E-state index contributed by atoms with van der Waals surface area (Å²) in [4.78, 5) is 52.3. The predicted octanol–water partition coefficient (Wildman–Crippen LogP) is 6.51. The van der Waals surface area contributed by atoms with Crippen LogP contribution in [0.15, 0.2) is 48.6 Å². The van der Waals surface area contributed by atoms with Crippen molar-refractivity contribution >= 4 is 23.9 Å². The Morgan fingerprint density at radius 2 is 1.48 bits per heavy atom. The molecule has 0 saturated carbocycles. The first-order chi connectivity index (χ1) is 24.2. The fraction of sp³-hybridized carbons (Fsp3) is 0.486. The summed E-state index contributed by atoms with van der Waals surface area (Å²) in [6.45, 7) is 5.43. The number of urea groups is 1. The molecular formula is C35H39F7N4O6. The number of carboxylic acid groups (broad SMARTS) is 2. The molecule has 2 aromatic rings. The number of nitrogens with zero attached hydrogens (tertiary/aromatic N) is 4. The number of carbonyl (C=O) groups is 4. The van der Waals surface area contributed by atoms with Crippen LogP contribution in [0.3, 0.4) is 0 Å². The van der Waals surface area contributed by atoms with Crippen molar-refractivity contribution in [2.45, 2.75) is 76.1 Å². The number of piperazine rings is 1. The number of carboxylic acids is 2. The Bertz CT molecular complexity index is 1650. The second kappa shape index (κ2) is 15.9. The molecule has 0 radical (unpaired) electrons. The molecule has 52 heavy (non-hydrogen) atoms. The van der Waals surface area contributed by atoms with Crippen molar-refractivity contribution in [3.05, 3.63) is 82.2 Å². The molecule has 3 amide bonds. The van der Waals surface area contributed by atoms with Gasteiger partial charge in [-0.15, -0.1) is 0 Å². The molecule has 3 saturated heterocycles. The van der Waals surface area contributed by atoms with E-state index in [0.29, 0.717) is 68.7 Å². The molecule has 4 atom stereocenters. The van der Waals surface area contributed by atoms with E-state index in [1.165, 1.54) is 26.1 Å². The largest absolute Gasteiger partial charge is 0.478 e. The molecule has 10 nitrogen and oxygen atoms in total. The van der Waals surface area contributed by atoms with Crippen molar-refractivity contribution < 1.29 is 60.1 Å². The third kappa shape index (κ3) is 9.60. The fourth-order valence-electron chi connectivity index (χ4n) is 6.99. The third-order valence-corrected chi connectivity index (χ3v) is 9.80. The molecule has 3 aliphatic rings. The molecule has 17 heteroatoms. The summed E-state index contributed by atoms with van der Waals surface area (Å²) in [5.41, 5.74) is -1.84. The number of benzene rings is 2. The molecule has 0 bridgehead atoms. The van der Waals surface area contributed by atoms with Gasteiger partial charge >= 0.3 is 30.3 Å². The number of aryl methyl sites for hydroxylation is 1. The fourth-order valence-corrected chi connectivity index (χ4v) is 6.99. The van der Waals surface area contributed by atoms with Gasteiger partial charge < -0.3 is 24.9 Å². The van der Waals surface area contributed by atoms with Crippen LogP contribution in [-0.4, -0.2) is 99.0 Å². The van der Waals surface area contributed by atoms with Crippen LogP contribution in [-0.2, 0) is 26.7 Å². The number of hydrogen-bond donors (Lipinski definition) is 2. The standard InChI is InChI=1S/C31H35F7N4O2.C4H4O4/c1-18-12-23(32)4-6-26(18)27-16-24(40-10-11-41-25(17-40)5-7-28(41)43)8-9-42(27)29(44)39(3)19(2)20-13-21(30(33,34)35)15-22(14-20)31(36,37)38;5-3(6)1-2-4(7)8/h4,6,12-15,19,24-25,27H,5,7-11,16-17H2,1-3H3;1-2H,(H,5,6)(H,7,8)/t19-,24-,25+,27-;/m1./s1. The number of hydrogen-bond acceptors (Lipinski definition) is 5. The van der Waals surface area contributed by atoms with Crippen LogP contribution in [0, 0.1) is 12.7 Å². The normalized spacial score (nSPS) is 21.7. The van der Waals surface area contributed by atoms with Gasteiger partial charge in [-0.25, -0.2) is 18.8 Å². The number of aliphatic carboxylic acids is 2. The maximum atomic E-state index is 14.1. The monoisotopic (exact) mass is 744 g/mol. The second-order valence-electron chi connectivity index (χ2n) is 13.1. The van der Waals surface area contributed by atoms with E-state index in [1.807, 2.05) is 4.90 Å². The first kappa shape index (κ1) is 40.1. The highest BCUT2D eigenvalue weighted by atomic mass is 19.4. The van der Waals surface area contributed by atoms with Crippen LogP contribution >= 0.6 is 0 Å². The first-order valence-electron chi connectivity index (χ1n) is 16.4. The van der Waals surface area contributed by atoms with Crippen molar-refractivity contribution in [2.75, 3.05) is 33.2 Å². The number of rotatable bonds is 6. The topological polar surface area (TPSA) is 122 Å². The lowest BCUT2D eigenvalue weighted by molar-refractivity contribution is -0.143. The zero-order chi connectivity index (χ0) is 38.7. The zero-order valence-electron chi connectivity index (χ0n) is 28.5. The first-order valence-corrected chi connectivity index (χ1v) is 16.4. The molecule has 2 aromatic carbocycles. The maximum absolute atomic E-state index is 14.1. The van der Waals surface area contributed by atoms with Gasteiger partial charge in [0.1, 0.15) is 5.82 Å². The Morgan fingerprint density at radius 3 is 2.02 bits per heavy atom. The van der Waals surface area contributed by atoms with Gasteiger partial charge in [0.15, 0.2) is 0 Å². The van der Waals surface area contributed by atoms with E-state index < -0.39 is 59.4 Å². The van der Waals surface area contributed by atoms with E-state index in [2.05, 4.69) is 4.90 Å². The number of likely N-dealkylation sites (tertiary alicyclic amines) is 1. The number of amides is 3. The Labute approximate surface area is 295 Å². The van der Waals surface area contributed by atoms with Gasteiger partial charge in [0, 0.05) is 63.9 Å². The number of fused-ring (bicyclic) bond motifs is 1. The van der Waals surface area contributed by atoms with Gasteiger partial charge in [0.25, 0.3) is 0 Å². The van der Waals surface area contributed by atoms with E-state index in [9.17, 15) is 49.9 Å². The second-order valence-corrected chi connectivity index (χ2v) is 13.1. The van der Waals surface area contributed by atoms with Gasteiger partial charge in [-0.05, 0) is 80.1 Å². The van der Waals surface area contributed by atoms with Gasteiger partial charge in [0.2, 0.25) is 5.91 Å². The van der Waals surface area contributed by atoms with Crippen LogP contribution in [0.4, 0.5) is 35.5 Å². The maximum Gasteiger partial charge on any atom is 0.416 e. The summed E-state index contributed by atoms with van der Waals surface area (Å²) >= 11 is 0. The Kier molecular flexibility index (Phi) is 12.3. The van der Waals surface area contributed by atoms with E-state index in [0.717, 1.165) is 16.9 Å². The van der Waals surface area contributed by atoms with E-state index in [4.69, 9.17) is 10.2 Å². The quantitative estimate of drug-likeness (QED) is 0.256. The van der Waals surface area contributed by atoms with Gasteiger partial charge in [-0.2, -0.15) is 26.3 Å². The van der Waals surface area contributed by atoms with Crippen molar-refractivity contribution in [2.24, 2.45) is 0 Å². The molecule has 5 rings (SSSR count). The minimum atomic E-state index is -5.01. The molecule has 0 aromatic heterocycles. The van der Waals surface area contributed by atoms with Crippen LogP contribution in [0.5, 0.6) is 0 Å². The summed E-state index contributed by atoms with van der Waals surface area (Å²) in [7, 11) is 1.36. The Hall–Kier alpha value is -4.67. The average Bonchev–Trinajstić information content (AvgIpc) is 3.45. The number of halogens is 7. The van der Waals surface area contributed by atoms with E-state index in [1.54, 1.807) is 17.9 Å². The highest BCUT2D eigenvalue weighted by Gasteiger charge is 2.43. The van der Waals surface area contributed by atoms with E-state index >= 15 is 0 Å². The predicted molar refractivity (Wildman–Crippen MR) is 172 cm³/mol. The molecule has 3 fully saturated rings. The molecular weight excluding hydrogens is 705 g/mol. The Balaban J connectivity index is 0.000000677. The van der Waals surface area contributed by atoms with Gasteiger partial charge in [-0.1, -0.05) is 6.07 Å². The lowest BCUT2D eigenvalue weighted by Gasteiger charge is -2.48. The van der Waals surface area contributed by atoms with Crippen molar-refractivity contribution in [1.29, 1.82) is 0 Å². The minimum absolute atomic E-state index is 0.0619. The highest BCUT2D eigenvalue weighted by molar-refractivity contribution is 5.89.